The fraction of sp³-hybridized carbons (Fsp3) is 0.364. The molecule has 0 radical (unpaired) electrons. The van der Waals surface area contributed by atoms with Crippen molar-refractivity contribution in [3.63, 3.8) is 0 Å². The zero-order valence-corrected chi connectivity index (χ0v) is 9.43. The van der Waals surface area contributed by atoms with Crippen LogP contribution in [0, 0.1) is 0 Å². The van der Waals surface area contributed by atoms with Gasteiger partial charge in [-0.3, -0.25) is 0 Å². The molecule has 16 heavy (non-hydrogen) atoms. The van der Waals surface area contributed by atoms with Gasteiger partial charge in [0.25, 0.3) is 0 Å². The van der Waals surface area contributed by atoms with E-state index in [9.17, 15) is 15.0 Å². The third-order valence-electron chi connectivity index (χ3n) is 2.48. The van der Waals surface area contributed by atoms with E-state index in [4.69, 9.17) is 16.7 Å². The van der Waals surface area contributed by atoms with Gasteiger partial charge in [0.2, 0.25) is 0 Å². The van der Waals surface area contributed by atoms with Crippen LogP contribution in [0.2, 0.25) is 5.02 Å². The van der Waals surface area contributed by atoms with Gasteiger partial charge in [0.05, 0.1) is 6.10 Å². The van der Waals surface area contributed by atoms with Gasteiger partial charge in [-0.2, -0.15) is 0 Å². The highest BCUT2D eigenvalue weighted by atomic mass is 35.5. The first kappa shape index (κ1) is 13.0. The first-order chi connectivity index (χ1) is 7.45. The number of halogens is 1. The lowest BCUT2D eigenvalue weighted by Gasteiger charge is -2.22. The van der Waals surface area contributed by atoms with Crippen molar-refractivity contribution >= 4 is 17.6 Å². The fourth-order valence-corrected chi connectivity index (χ4v) is 1.76. The van der Waals surface area contributed by atoms with Crippen LogP contribution in [0.4, 0.5) is 0 Å². The van der Waals surface area contributed by atoms with Crippen LogP contribution in [-0.4, -0.2) is 33.5 Å². The summed E-state index contributed by atoms with van der Waals surface area (Å²) in [6.45, 7) is 1.61. The molecular formula is C11H13ClO4. The van der Waals surface area contributed by atoms with Crippen LogP contribution in [0.3, 0.4) is 0 Å². The van der Waals surface area contributed by atoms with Crippen molar-refractivity contribution in [3.05, 3.63) is 34.9 Å². The van der Waals surface area contributed by atoms with Gasteiger partial charge in [-0.15, -0.1) is 0 Å². The van der Waals surface area contributed by atoms with Crippen LogP contribution >= 0.6 is 11.6 Å². The molecule has 0 saturated carbocycles. The molecule has 0 saturated heterocycles. The first-order valence-corrected chi connectivity index (χ1v) is 5.16. The highest BCUT2D eigenvalue weighted by molar-refractivity contribution is 6.31. The Balaban J connectivity index is 2.90. The Morgan fingerprint density at radius 1 is 1.31 bits per heavy atom. The molecule has 1 rings (SSSR count). The maximum Gasteiger partial charge on any atom is 0.335 e. The van der Waals surface area contributed by atoms with Gasteiger partial charge in [0, 0.05) is 10.9 Å². The number of rotatable bonds is 4. The Labute approximate surface area is 98.1 Å². The summed E-state index contributed by atoms with van der Waals surface area (Å²) in [5.41, 5.74) is 0.608. The topological polar surface area (TPSA) is 77.8 Å². The summed E-state index contributed by atoms with van der Waals surface area (Å²) in [5, 5.41) is 27.9. The first-order valence-electron chi connectivity index (χ1n) is 4.78. The maximum atomic E-state index is 10.5. The second-order valence-electron chi connectivity index (χ2n) is 3.58. The maximum absolute atomic E-state index is 10.5. The molecule has 0 fully saturated rings. The lowest BCUT2D eigenvalue weighted by molar-refractivity contribution is -0.153. The number of hydrogen-bond donors (Lipinski definition) is 3. The predicted molar refractivity (Wildman–Crippen MR) is 59.5 cm³/mol. The molecule has 0 aliphatic heterocycles. The van der Waals surface area contributed by atoms with Gasteiger partial charge in [-0.05, 0) is 11.6 Å². The average Bonchev–Trinajstić information content (AvgIpc) is 2.26. The van der Waals surface area contributed by atoms with Crippen LogP contribution in [0.5, 0.6) is 0 Å². The summed E-state index contributed by atoms with van der Waals surface area (Å²) in [6, 6.07) is 6.80. The monoisotopic (exact) mass is 244 g/mol. The minimum atomic E-state index is -1.81. The Hall–Kier alpha value is -1.10. The number of benzene rings is 1. The van der Waals surface area contributed by atoms with E-state index >= 15 is 0 Å². The standard InChI is InChI=1S/C11H13ClO4/c1-6(9(13)10(14)11(15)16)7-4-2-3-5-8(7)12/h2-6,9-10,13-14H,1H3,(H,15,16)/t6?,9-,10+/m1/s1. The largest absolute Gasteiger partial charge is 0.479 e. The number of carboxylic acid groups (broad SMARTS) is 1. The molecule has 1 unspecified atom stereocenters. The zero-order chi connectivity index (χ0) is 12.3. The molecule has 4 nitrogen and oxygen atoms in total. The highest BCUT2D eigenvalue weighted by Crippen LogP contribution is 2.27. The second kappa shape index (κ2) is 5.30. The fourth-order valence-electron chi connectivity index (χ4n) is 1.45. The molecule has 0 bridgehead atoms. The van der Waals surface area contributed by atoms with E-state index in [-0.39, 0.29) is 0 Å². The van der Waals surface area contributed by atoms with Crippen molar-refractivity contribution in [1.82, 2.24) is 0 Å². The average molecular weight is 245 g/mol. The number of aliphatic hydroxyl groups excluding tert-OH is 2. The lowest BCUT2D eigenvalue weighted by Crippen LogP contribution is -2.37. The molecule has 0 spiro atoms. The van der Waals surface area contributed by atoms with Gasteiger partial charge in [0.1, 0.15) is 0 Å². The Bertz CT molecular complexity index is 380. The third-order valence-corrected chi connectivity index (χ3v) is 2.83. The lowest BCUT2D eigenvalue weighted by atomic mass is 9.92. The SMILES string of the molecule is CC(c1ccccc1Cl)[C@@H](O)[C@H](O)C(=O)O. The molecule has 0 aliphatic rings. The number of carbonyl (C=O) groups is 1. The quantitative estimate of drug-likeness (QED) is 0.745. The van der Waals surface area contributed by atoms with Crippen molar-refractivity contribution in [2.24, 2.45) is 0 Å². The van der Waals surface area contributed by atoms with Gasteiger partial charge in [-0.25, -0.2) is 4.79 Å². The molecule has 0 amide bonds. The van der Waals surface area contributed by atoms with Crippen LogP contribution in [0.25, 0.3) is 0 Å². The molecule has 88 valence electrons. The van der Waals surface area contributed by atoms with E-state index in [1.165, 1.54) is 0 Å². The van der Waals surface area contributed by atoms with Crippen molar-refractivity contribution in [3.8, 4) is 0 Å². The third kappa shape index (κ3) is 2.72. The van der Waals surface area contributed by atoms with Crippen molar-refractivity contribution in [2.45, 2.75) is 25.0 Å². The van der Waals surface area contributed by atoms with Gasteiger partial charge < -0.3 is 15.3 Å². The van der Waals surface area contributed by atoms with Crippen LogP contribution < -0.4 is 0 Å². The highest BCUT2D eigenvalue weighted by Gasteiger charge is 2.30. The van der Waals surface area contributed by atoms with E-state index in [0.29, 0.717) is 10.6 Å². The Kier molecular flexibility index (Phi) is 4.29. The minimum absolute atomic E-state index is 0.437. The molecule has 0 heterocycles. The Morgan fingerprint density at radius 3 is 2.38 bits per heavy atom. The normalized spacial score (nSPS) is 16.5. The summed E-state index contributed by atoms with van der Waals surface area (Å²) in [4.78, 5) is 10.5. The summed E-state index contributed by atoms with van der Waals surface area (Å²) in [5.74, 6) is -2.01. The van der Waals surface area contributed by atoms with E-state index in [1.807, 2.05) is 0 Å². The molecule has 1 aromatic rings. The number of carboxylic acids is 1. The van der Waals surface area contributed by atoms with E-state index in [1.54, 1.807) is 31.2 Å². The molecule has 3 N–H and O–H groups in total. The Morgan fingerprint density at radius 2 is 1.88 bits per heavy atom. The van der Waals surface area contributed by atoms with Gasteiger partial charge in [0.15, 0.2) is 6.10 Å². The number of hydrogen-bond acceptors (Lipinski definition) is 3. The summed E-state index contributed by atoms with van der Waals surface area (Å²) in [6.07, 6.45) is -3.20. The van der Waals surface area contributed by atoms with Crippen LogP contribution in [-0.2, 0) is 4.79 Å². The molecule has 1 aromatic carbocycles. The van der Waals surface area contributed by atoms with Crippen molar-refractivity contribution in [2.75, 3.05) is 0 Å². The predicted octanol–water partition coefficient (Wildman–Crippen LogP) is 1.25. The van der Waals surface area contributed by atoms with Crippen molar-refractivity contribution < 1.29 is 20.1 Å². The van der Waals surface area contributed by atoms with Gasteiger partial charge >= 0.3 is 5.97 Å². The molecule has 0 aliphatic carbocycles. The van der Waals surface area contributed by atoms with Crippen LogP contribution in [0.1, 0.15) is 18.4 Å². The van der Waals surface area contributed by atoms with E-state index in [2.05, 4.69) is 0 Å². The summed E-state index contributed by atoms with van der Waals surface area (Å²) < 4.78 is 0. The zero-order valence-electron chi connectivity index (χ0n) is 8.67. The number of aliphatic hydroxyl groups is 2. The summed E-state index contributed by atoms with van der Waals surface area (Å²) in [7, 11) is 0. The molecular weight excluding hydrogens is 232 g/mol. The number of aliphatic carboxylic acids is 1. The van der Waals surface area contributed by atoms with E-state index in [0.717, 1.165) is 0 Å². The van der Waals surface area contributed by atoms with E-state index < -0.39 is 24.1 Å². The van der Waals surface area contributed by atoms with Gasteiger partial charge in [-0.1, -0.05) is 36.7 Å². The second-order valence-corrected chi connectivity index (χ2v) is 3.99. The smallest absolute Gasteiger partial charge is 0.335 e. The molecule has 0 aromatic heterocycles. The molecule has 3 atom stereocenters. The van der Waals surface area contributed by atoms with Crippen LogP contribution in [0.15, 0.2) is 24.3 Å². The summed E-state index contributed by atoms with van der Waals surface area (Å²) >= 11 is 5.91. The van der Waals surface area contributed by atoms with Crippen molar-refractivity contribution in [1.29, 1.82) is 0 Å². The minimum Gasteiger partial charge on any atom is -0.479 e. The molecule has 5 heteroatoms.